The normalized spacial score (nSPS) is 10.2. The van der Waals surface area contributed by atoms with Crippen LogP contribution in [-0.4, -0.2) is 18.4 Å². The van der Waals surface area contributed by atoms with Crippen LogP contribution in [0, 0.1) is 6.92 Å². The van der Waals surface area contributed by atoms with Gasteiger partial charge in [-0.3, -0.25) is 15.0 Å². The van der Waals surface area contributed by atoms with Crippen molar-refractivity contribution in [2.24, 2.45) is 0 Å². The van der Waals surface area contributed by atoms with Crippen molar-refractivity contribution in [3.05, 3.63) is 84.6 Å². The number of amides is 2. The van der Waals surface area contributed by atoms with Gasteiger partial charge in [-0.05, 0) is 41.5 Å². The van der Waals surface area contributed by atoms with Gasteiger partial charge in [0.25, 0.3) is 5.91 Å². The molecule has 0 saturated heterocycles. The second-order valence-corrected chi connectivity index (χ2v) is 6.62. The first-order chi connectivity index (χ1) is 14.0. The summed E-state index contributed by atoms with van der Waals surface area (Å²) in [6.07, 6.45) is 0.0196. The summed E-state index contributed by atoms with van der Waals surface area (Å²) in [5, 5.41) is 4.98. The summed E-state index contributed by atoms with van der Waals surface area (Å²) in [6, 6.07) is 21.1. The Bertz CT molecular complexity index is 1050. The summed E-state index contributed by atoms with van der Waals surface area (Å²) in [5.74, 6) is 0.0452. The third-order valence-electron chi connectivity index (χ3n) is 4.24. The van der Waals surface area contributed by atoms with Crippen LogP contribution in [-0.2, 0) is 9.59 Å². The molecule has 3 aromatic rings. The van der Waals surface area contributed by atoms with Crippen molar-refractivity contribution < 1.29 is 14.3 Å². The maximum atomic E-state index is 12.2. The van der Waals surface area contributed by atoms with Crippen molar-refractivity contribution in [2.75, 3.05) is 11.9 Å². The van der Waals surface area contributed by atoms with Crippen molar-refractivity contribution in [1.82, 2.24) is 10.9 Å². The van der Waals surface area contributed by atoms with Crippen LogP contribution in [0.2, 0.25) is 0 Å². The van der Waals surface area contributed by atoms with Crippen molar-refractivity contribution in [3.8, 4) is 5.75 Å². The average Bonchev–Trinajstić information content (AvgIpc) is 2.71. The number of para-hydroxylation sites is 1. The van der Waals surface area contributed by atoms with E-state index in [4.69, 9.17) is 4.74 Å². The topological polar surface area (TPSA) is 79.5 Å². The van der Waals surface area contributed by atoms with Gasteiger partial charge < -0.3 is 15.5 Å². The minimum Gasteiger partial charge on any atom is -0.483 e. The second kappa shape index (κ2) is 9.41. The van der Waals surface area contributed by atoms with Crippen LogP contribution >= 0.6 is 0 Å². The molecule has 2 amide bonds. The maximum absolute atomic E-state index is 12.2. The molecule has 6 heteroatoms. The van der Waals surface area contributed by atoms with Crippen LogP contribution in [0.15, 0.2) is 79.0 Å². The Kier molecular flexibility index (Phi) is 6.47. The molecule has 6 nitrogen and oxygen atoms in total. The zero-order chi connectivity index (χ0) is 20.6. The SMILES string of the molecule is C=C(CC(=O)Nc1ccc2ccccc2c1)NNC(=O)COc1ccccc1C. The van der Waals surface area contributed by atoms with Gasteiger partial charge >= 0.3 is 0 Å². The lowest BCUT2D eigenvalue weighted by molar-refractivity contribution is -0.124. The molecule has 3 rings (SSSR count). The summed E-state index contributed by atoms with van der Waals surface area (Å²) in [6.45, 7) is 5.52. The molecule has 0 unspecified atom stereocenters. The number of aryl methyl sites for hydroxylation is 1. The second-order valence-electron chi connectivity index (χ2n) is 6.62. The summed E-state index contributed by atoms with van der Waals surface area (Å²) < 4.78 is 5.47. The van der Waals surface area contributed by atoms with E-state index >= 15 is 0 Å². The number of hydrogen-bond acceptors (Lipinski definition) is 4. The molecule has 0 fully saturated rings. The highest BCUT2D eigenvalue weighted by molar-refractivity contribution is 5.95. The monoisotopic (exact) mass is 389 g/mol. The lowest BCUT2D eigenvalue weighted by atomic mass is 10.1. The van der Waals surface area contributed by atoms with Crippen molar-refractivity contribution >= 4 is 28.3 Å². The number of carbonyl (C=O) groups is 2. The first kappa shape index (κ1) is 19.9. The Hall–Kier alpha value is -3.80. The fourth-order valence-electron chi connectivity index (χ4n) is 2.77. The lowest BCUT2D eigenvalue weighted by Crippen LogP contribution is -2.40. The zero-order valence-corrected chi connectivity index (χ0v) is 16.2. The number of carbonyl (C=O) groups excluding carboxylic acids is 2. The third kappa shape index (κ3) is 5.84. The first-order valence-corrected chi connectivity index (χ1v) is 9.21. The highest BCUT2D eigenvalue weighted by atomic mass is 16.5. The first-order valence-electron chi connectivity index (χ1n) is 9.21. The molecule has 0 heterocycles. The predicted octanol–water partition coefficient (Wildman–Crippen LogP) is 3.69. The fraction of sp³-hybridized carbons (Fsp3) is 0.130. The van der Waals surface area contributed by atoms with E-state index in [0.29, 0.717) is 17.1 Å². The predicted molar refractivity (Wildman–Crippen MR) is 114 cm³/mol. The molecule has 0 bridgehead atoms. The number of hydrazine groups is 1. The molecule has 148 valence electrons. The highest BCUT2D eigenvalue weighted by Crippen LogP contribution is 2.19. The van der Waals surface area contributed by atoms with Gasteiger partial charge in [0.2, 0.25) is 5.91 Å². The minimum atomic E-state index is -0.371. The highest BCUT2D eigenvalue weighted by Gasteiger charge is 2.08. The molecule has 0 spiro atoms. The molecule has 0 aliphatic rings. The van der Waals surface area contributed by atoms with Gasteiger partial charge in [-0.15, -0.1) is 0 Å². The molecule has 0 radical (unpaired) electrons. The molecule has 3 aromatic carbocycles. The van der Waals surface area contributed by atoms with E-state index in [0.717, 1.165) is 16.3 Å². The third-order valence-corrected chi connectivity index (χ3v) is 4.24. The Morgan fingerprint density at radius 1 is 0.897 bits per heavy atom. The van der Waals surface area contributed by atoms with Gasteiger partial charge in [0.1, 0.15) is 5.75 Å². The van der Waals surface area contributed by atoms with Crippen LogP contribution < -0.4 is 20.9 Å². The summed E-state index contributed by atoms with van der Waals surface area (Å²) >= 11 is 0. The van der Waals surface area contributed by atoms with Gasteiger partial charge in [0.15, 0.2) is 6.61 Å². The minimum absolute atomic E-state index is 0.0196. The molecule has 0 saturated carbocycles. The quantitative estimate of drug-likeness (QED) is 0.514. The molecular weight excluding hydrogens is 366 g/mol. The maximum Gasteiger partial charge on any atom is 0.276 e. The summed E-state index contributed by atoms with van der Waals surface area (Å²) in [7, 11) is 0. The van der Waals surface area contributed by atoms with Crippen LogP contribution in [0.4, 0.5) is 5.69 Å². The van der Waals surface area contributed by atoms with E-state index in [-0.39, 0.29) is 24.8 Å². The largest absolute Gasteiger partial charge is 0.483 e. The van der Waals surface area contributed by atoms with Gasteiger partial charge in [-0.2, -0.15) is 0 Å². The Morgan fingerprint density at radius 2 is 1.62 bits per heavy atom. The van der Waals surface area contributed by atoms with E-state index in [1.807, 2.05) is 67.6 Å². The number of rotatable bonds is 8. The van der Waals surface area contributed by atoms with E-state index in [9.17, 15) is 9.59 Å². The van der Waals surface area contributed by atoms with Crippen molar-refractivity contribution in [2.45, 2.75) is 13.3 Å². The van der Waals surface area contributed by atoms with Crippen LogP contribution in [0.1, 0.15) is 12.0 Å². The van der Waals surface area contributed by atoms with Crippen molar-refractivity contribution in [3.63, 3.8) is 0 Å². The van der Waals surface area contributed by atoms with Gasteiger partial charge in [0.05, 0.1) is 6.42 Å². The van der Waals surface area contributed by atoms with Crippen molar-refractivity contribution in [1.29, 1.82) is 0 Å². The van der Waals surface area contributed by atoms with E-state index in [2.05, 4.69) is 22.7 Å². The van der Waals surface area contributed by atoms with Crippen LogP contribution in [0.3, 0.4) is 0 Å². The van der Waals surface area contributed by atoms with Gasteiger partial charge in [0, 0.05) is 11.4 Å². The number of fused-ring (bicyclic) bond motifs is 1. The van der Waals surface area contributed by atoms with Gasteiger partial charge in [-0.25, -0.2) is 0 Å². The Labute approximate surface area is 169 Å². The lowest BCUT2D eigenvalue weighted by Gasteiger charge is -2.13. The number of benzene rings is 3. The standard InChI is InChI=1S/C23H23N3O3/c1-16-7-3-6-10-21(16)29-15-23(28)26-25-17(2)13-22(27)24-20-12-11-18-8-4-5-9-19(18)14-20/h3-12,14,25H,2,13,15H2,1H3,(H,24,27)(H,26,28). The fourth-order valence-corrected chi connectivity index (χ4v) is 2.77. The average molecular weight is 389 g/mol. The number of hydrogen-bond donors (Lipinski definition) is 3. The Balaban J connectivity index is 1.41. The molecule has 0 aliphatic carbocycles. The molecule has 3 N–H and O–H groups in total. The number of ether oxygens (including phenoxy) is 1. The molecular formula is C23H23N3O3. The summed E-state index contributed by atoms with van der Waals surface area (Å²) in [5.41, 5.74) is 7.14. The van der Waals surface area contributed by atoms with E-state index in [1.165, 1.54) is 0 Å². The Morgan fingerprint density at radius 3 is 2.41 bits per heavy atom. The molecule has 0 atom stereocenters. The van der Waals surface area contributed by atoms with Crippen LogP contribution in [0.25, 0.3) is 10.8 Å². The molecule has 29 heavy (non-hydrogen) atoms. The molecule has 0 aromatic heterocycles. The van der Waals surface area contributed by atoms with Gasteiger partial charge in [-0.1, -0.05) is 55.1 Å². The van der Waals surface area contributed by atoms with Crippen LogP contribution in [0.5, 0.6) is 5.75 Å². The zero-order valence-electron chi connectivity index (χ0n) is 16.2. The number of anilines is 1. The molecule has 0 aliphatic heterocycles. The summed E-state index contributed by atoms with van der Waals surface area (Å²) in [4.78, 5) is 24.1. The smallest absolute Gasteiger partial charge is 0.276 e. The van der Waals surface area contributed by atoms with E-state index in [1.54, 1.807) is 6.07 Å². The van der Waals surface area contributed by atoms with E-state index < -0.39 is 0 Å². The number of nitrogens with one attached hydrogen (secondary N) is 3.